The van der Waals surface area contributed by atoms with E-state index >= 15 is 0 Å². The van der Waals surface area contributed by atoms with E-state index in [9.17, 15) is 4.79 Å². The van der Waals surface area contributed by atoms with Gasteiger partial charge in [0.05, 0.1) is 0 Å². The van der Waals surface area contributed by atoms with E-state index in [0.717, 1.165) is 44.6 Å². The Labute approximate surface area is 138 Å². The van der Waals surface area contributed by atoms with E-state index in [-0.39, 0.29) is 5.91 Å². The van der Waals surface area contributed by atoms with E-state index in [1.54, 1.807) is 6.92 Å². The second-order valence-corrected chi connectivity index (χ2v) is 6.31. The summed E-state index contributed by atoms with van der Waals surface area (Å²) in [7, 11) is 0. The van der Waals surface area contributed by atoms with Crippen molar-refractivity contribution in [2.45, 2.75) is 31.7 Å². The highest BCUT2D eigenvalue weighted by atomic mass is 16.5. The smallest absolute Gasteiger partial charge is 0.244 e. The van der Waals surface area contributed by atoms with E-state index in [1.807, 2.05) is 30.3 Å². The first-order valence-corrected chi connectivity index (χ1v) is 8.39. The molecule has 1 amide bonds. The number of hydrogen-bond donors (Lipinski definition) is 2. The second kappa shape index (κ2) is 9.01. The summed E-state index contributed by atoms with van der Waals surface area (Å²) in [6, 6.07) is 9.43. The van der Waals surface area contributed by atoms with Gasteiger partial charge in [0, 0.05) is 33.0 Å². The fourth-order valence-corrected chi connectivity index (χ4v) is 2.64. The van der Waals surface area contributed by atoms with Gasteiger partial charge in [0.25, 0.3) is 0 Å². The van der Waals surface area contributed by atoms with Crippen molar-refractivity contribution in [2.24, 2.45) is 11.7 Å². The molecule has 0 radical (unpaired) electrons. The standard InChI is InChI=1S/C18H28N2O3/c1-18(19,16-6-3-2-4-7-16)17(21)20-10-5-11-23-14-15-8-12-22-13-9-15/h2-4,6-7,15H,5,8-14,19H2,1H3,(H,20,21). The van der Waals surface area contributed by atoms with Crippen molar-refractivity contribution in [1.82, 2.24) is 5.32 Å². The highest BCUT2D eigenvalue weighted by Crippen LogP contribution is 2.17. The van der Waals surface area contributed by atoms with Gasteiger partial charge in [0.1, 0.15) is 5.54 Å². The highest BCUT2D eigenvalue weighted by molar-refractivity contribution is 5.86. The van der Waals surface area contributed by atoms with Gasteiger partial charge in [-0.2, -0.15) is 0 Å². The number of rotatable bonds is 8. The van der Waals surface area contributed by atoms with Crippen molar-refractivity contribution in [3.05, 3.63) is 35.9 Å². The van der Waals surface area contributed by atoms with Gasteiger partial charge in [-0.3, -0.25) is 4.79 Å². The molecule has 23 heavy (non-hydrogen) atoms. The SMILES string of the molecule is CC(N)(C(=O)NCCCOCC1CCOCC1)c1ccccc1. The third-order valence-corrected chi connectivity index (χ3v) is 4.29. The van der Waals surface area contributed by atoms with E-state index < -0.39 is 5.54 Å². The Bertz CT molecular complexity index is 470. The van der Waals surface area contributed by atoms with Crippen LogP contribution in [0.4, 0.5) is 0 Å². The molecule has 1 atom stereocenters. The zero-order chi connectivity index (χ0) is 16.5. The summed E-state index contributed by atoms with van der Waals surface area (Å²) in [5, 5.41) is 2.90. The largest absolute Gasteiger partial charge is 0.381 e. The fourth-order valence-electron chi connectivity index (χ4n) is 2.64. The highest BCUT2D eigenvalue weighted by Gasteiger charge is 2.29. The third-order valence-electron chi connectivity index (χ3n) is 4.29. The third kappa shape index (κ3) is 5.61. The van der Waals surface area contributed by atoms with Gasteiger partial charge in [0.15, 0.2) is 0 Å². The average Bonchev–Trinajstić information content (AvgIpc) is 2.59. The summed E-state index contributed by atoms with van der Waals surface area (Å²) >= 11 is 0. The van der Waals surface area contributed by atoms with E-state index in [4.69, 9.17) is 15.2 Å². The fraction of sp³-hybridized carbons (Fsp3) is 0.611. The summed E-state index contributed by atoms with van der Waals surface area (Å²) in [5.41, 5.74) is 5.97. The summed E-state index contributed by atoms with van der Waals surface area (Å²) in [4.78, 5) is 12.3. The summed E-state index contributed by atoms with van der Waals surface area (Å²) in [6.07, 6.45) is 2.96. The van der Waals surface area contributed by atoms with E-state index in [2.05, 4.69) is 5.32 Å². The Kier molecular flexibility index (Phi) is 7.02. The zero-order valence-corrected chi connectivity index (χ0v) is 13.9. The minimum absolute atomic E-state index is 0.159. The number of nitrogens with two attached hydrogens (primary N) is 1. The van der Waals surface area contributed by atoms with Gasteiger partial charge in [-0.15, -0.1) is 0 Å². The number of carbonyl (C=O) groups excluding carboxylic acids is 1. The molecule has 1 fully saturated rings. The summed E-state index contributed by atoms with van der Waals surface area (Å²) < 4.78 is 11.0. The van der Waals surface area contributed by atoms with Crippen LogP contribution in [0.1, 0.15) is 31.7 Å². The van der Waals surface area contributed by atoms with Crippen molar-refractivity contribution < 1.29 is 14.3 Å². The molecule has 5 heteroatoms. The monoisotopic (exact) mass is 320 g/mol. The Balaban J connectivity index is 1.61. The van der Waals surface area contributed by atoms with Crippen LogP contribution < -0.4 is 11.1 Å². The van der Waals surface area contributed by atoms with Gasteiger partial charge >= 0.3 is 0 Å². The Hall–Kier alpha value is -1.43. The van der Waals surface area contributed by atoms with Crippen LogP contribution in [0.5, 0.6) is 0 Å². The van der Waals surface area contributed by atoms with Crippen molar-refractivity contribution in [1.29, 1.82) is 0 Å². The number of ether oxygens (including phenoxy) is 2. The average molecular weight is 320 g/mol. The van der Waals surface area contributed by atoms with Crippen LogP contribution >= 0.6 is 0 Å². The molecular formula is C18H28N2O3. The molecule has 5 nitrogen and oxygen atoms in total. The molecule has 1 aromatic rings. The molecule has 0 aliphatic carbocycles. The predicted octanol–water partition coefficient (Wildman–Crippen LogP) is 1.81. The number of amides is 1. The van der Waals surface area contributed by atoms with Crippen molar-refractivity contribution >= 4 is 5.91 Å². The zero-order valence-electron chi connectivity index (χ0n) is 13.9. The molecule has 1 aliphatic rings. The van der Waals surface area contributed by atoms with Crippen LogP contribution in [-0.2, 0) is 19.8 Å². The molecule has 2 rings (SSSR count). The van der Waals surface area contributed by atoms with E-state index in [0.29, 0.717) is 19.1 Å². The molecular weight excluding hydrogens is 292 g/mol. The van der Waals surface area contributed by atoms with Gasteiger partial charge in [-0.1, -0.05) is 30.3 Å². The van der Waals surface area contributed by atoms with Gasteiger partial charge in [-0.05, 0) is 37.7 Å². The molecule has 0 aromatic heterocycles. The van der Waals surface area contributed by atoms with Crippen molar-refractivity contribution in [2.75, 3.05) is 33.0 Å². The lowest BCUT2D eigenvalue weighted by molar-refractivity contribution is -0.126. The molecule has 1 saturated heterocycles. The number of nitrogens with one attached hydrogen (secondary N) is 1. The minimum Gasteiger partial charge on any atom is -0.381 e. The maximum atomic E-state index is 12.3. The van der Waals surface area contributed by atoms with Crippen molar-refractivity contribution in [3.8, 4) is 0 Å². The van der Waals surface area contributed by atoms with Crippen LogP contribution in [0.3, 0.4) is 0 Å². The van der Waals surface area contributed by atoms with Crippen LogP contribution in [0.2, 0.25) is 0 Å². The van der Waals surface area contributed by atoms with Crippen LogP contribution in [0.15, 0.2) is 30.3 Å². The lowest BCUT2D eigenvalue weighted by Crippen LogP contribution is -2.49. The second-order valence-electron chi connectivity index (χ2n) is 6.31. The Morgan fingerprint density at radius 2 is 2.04 bits per heavy atom. The first kappa shape index (κ1) is 17.9. The molecule has 1 aliphatic heterocycles. The molecule has 128 valence electrons. The topological polar surface area (TPSA) is 73.6 Å². The molecule has 0 saturated carbocycles. The minimum atomic E-state index is -1.01. The molecule has 1 unspecified atom stereocenters. The van der Waals surface area contributed by atoms with Gasteiger partial charge in [0.2, 0.25) is 5.91 Å². The van der Waals surface area contributed by atoms with Crippen LogP contribution in [-0.4, -0.2) is 38.9 Å². The number of benzene rings is 1. The normalized spacial score (nSPS) is 18.3. The first-order valence-electron chi connectivity index (χ1n) is 8.39. The van der Waals surface area contributed by atoms with Gasteiger partial charge in [-0.25, -0.2) is 0 Å². The molecule has 3 N–H and O–H groups in total. The maximum absolute atomic E-state index is 12.3. The lowest BCUT2D eigenvalue weighted by atomic mass is 9.92. The van der Waals surface area contributed by atoms with Crippen molar-refractivity contribution in [3.63, 3.8) is 0 Å². The van der Waals surface area contributed by atoms with Crippen LogP contribution in [0.25, 0.3) is 0 Å². The number of carbonyl (C=O) groups is 1. The van der Waals surface area contributed by atoms with Gasteiger partial charge < -0.3 is 20.5 Å². The molecule has 0 bridgehead atoms. The lowest BCUT2D eigenvalue weighted by Gasteiger charge is -2.24. The summed E-state index contributed by atoms with van der Waals surface area (Å²) in [6.45, 7) is 5.45. The molecule has 0 spiro atoms. The number of hydrogen-bond acceptors (Lipinski definition) is 4. The maximum Gasteiger partial charge on any atom is 0.244 e. The molecule has 1 aromatic carbocycles. The molecule has 1 heterocycles. The Morgan fingerprint density at radius 1 is 1.35 bits per heavy atom. The quantitative estimate of drug-likeness (QED) is 0.717. The Morgan fingerprint density at radius 3 is 2.74 bits per heavy atom. The van der Waals surface area contributed by atoms with Crippen LogP contribution in [0, 0.1) is 5.92 Å². The first-order chi connectivity index (χ1) is 11.1. The summed E-state index contributed by atoms with van der Waals surface area (Å²) in [5.74, 6) is 0.455. The predicted molar refractivity (Wildman–Crippen MR) is 90.0 cm³/mol. The van der Waals surface area contributed by atoms with E-state index in [1.165, 1.54) is 0 Å².